The van der Waals surface area contributed by atoms with Crippen molar-refractivity contribution >= 4 is 17.6 Å². The number of aromatic nitrogens is 2. The number of hydrogen-bond acceptors (Lipinski definition) is 4. The van der Waals surface area contributed by atoms with Gasteiger partial charge in [0, 0.05) is 11.8 Å². The minimum absolute atomic E-state index is 0.0506. The van der Waals surface area contributed by atoms with Gasteiger partial charge in [-0.3, -0.25) is 14.6 Å². The van der Waals surface area contributed by atoms with Crippen molar-refractivity contribution in [3.8, 4) is 11.1 Å². The number of carboxylic acids is 1. The SMILES string of the molecule is O=C(O)c1ccccc1-c1ccccc1C(=O)Nc1c[nH]c(=O)[nH]c1=O. The van der Waals surface area contributed by atoms with Crippen LogP contribution in [0.25, 0.3) is 11.1 Å². The van der Waals surface area contributed by atoms with Crippen molar-refractivity contribution in [1.29, 1.82) is 0 Å². The number of benzene rings is 2. The number of aromatic amines is 2. The number of H-pyrrole nitrogens is 2. The first-order valence-electron chi connectivity index (χ1n) is 7.52. The van der Waals surface area contributed by atoms with Crippen LogP contribution >= 0.6 is 0 Å². The third-order valence-electron chi connectivity index (χ3n) is 3.69. The first kappa shape index (κ1) is 16.9. The number of rotatable bonds is 4. The summed E-state index contributed by atoms with van der Waals surface area (Å²) in [5.74, 6) is -1.73. The summed E-state index contributed by atoms with van der Waals surface area (Å²) in [5.41, 5.74) is -0.545. The van der Waals surface area contributed by atoms with Gasteiger partial charge in [0.2, 0.25) is 0 Å². The molecule has 2 aromatic carbocycles. The van der Waals surface area contributed by atoms with Crippen molar-refractivity contribution in [2.24, 2.45) is 0 Å². The summed E-state index contributed by atoms with van der Waals surface area (Å²) in [6, 6.07) is 12.7. The maximum absolute atomic E-state index is 12.6. The number of carboxylic acid groups (broad SMARTS) is 1. The number of hydrogen-bond donors (Lipinski definition) is 4. The Morgan fingerprint density at radius 2 is 1.46 bits per heavy atom. The van der Waals surface area contributed by atoms with Crippen LogP contribution in [0.15, 0.2) is 64.3 Å². The van der Waals surface area contributed by atoms with Crippen molar-refractivity contribution in [2.45, 2.75) is 0 Å². The smallest absolute Gasteiger partial charge is 0.336 e. The number of carbonyl (C=O) groups excluding carboxylic acids is 1. The van der Waals surface area contributed by atoms with Crippen molar-refractivity contribution < 1.29 is 14.7 Å². The molecule has 0 atom stereocenters. The maximum atomic E-state index is 12.6. The molecule has 0 spiro atoms. The van der Waals surface area contributed by atoms with E-state index >= 15 is 0 Å². The molecule has 0 radical (unpaired) electrons. The van der Waals surface area contributed by atoms with E-state index in [-0.39, 0.29) is 16.8 Å². The lowest BCUT2D eigenvalue weighted by Gasteiger charge is -2.12. The highest BCUT2D eigenvalue weighted by atomic mass is 16.4. The topological polar surface area (TPSA) is 132 Å². The van der Waals surface area contributed by atoms with Crippen molar-refractivity contribution in [2.75, 3.05) is 5.32 Å². The lowest BCUT2D eigenvalue weighted by atomic mass is 9.95. The van der Waals surface area contributed by atoms with Crippen molar-refractivity contribution in [3.05, 3.63) is 86.7 Å². The minimum Gasteiger partial charge on any atom is -0.478 e. The van der Waals surface area contributed by atoms with Crippen LogP contribution in [0.3, 0.4) is 0 Å². The van der Waals surface area contributed by atoms with Crippen LogP contribution in [0.4, 0.5) is 5.69 Å². The largest absolute Gasteiger partial charge is 0.478 e. The van der Waals surface area contributed by atoms with Gasteiger partial charge in [-0.2, -0.15) is 0 Å². The predicted molar refractivity (Wildman–Crippen MR) is 94.5 cm³/mol. The molecule has 1 heterocycles. The standard InChI is InChI=1S/C18H13N3O5/c22-15(20-14-9-19-18(26)21-16(14)23)12-7-3-1-5-10(12)11-6-2-4-8-13(11)17(24)25/h1-9H,(H,20,22)(H,24,25)(H2,19,21,23,26). The second-order valence-corrected chi connectivity index (χ2v) is 5.34. The van der Waals surface area contributed by atoms with Crippen LogP contribution in [0.2, 0.25) is 0 Å². The molecule has 8 nitrogen and oxygen atoms in total. The first-order chi connectivity index (χ1) is 12.5. The maximum Gasteiger partial charge on any atom is 0.336 e. The molecule has 0 bridgehead atoms. The Balaban J connectivity index is 2.05. The lowest BCUT2D eigenvalue weighted by molar-refractivity contribution is 0.0697. The van der Waals surface area contributed by atoms with E-state index in [2.05, 4.69) is 10.3 Å². The zero-order valence-electron chi connectivity index (χ0n) is 13.3. The van der Waals surface area contributed by atoms with E-state index < -0.39 is 23.1 Å². The molecule has 130 valence electrons. The van der Waals surface area contributed by atoms with Crippen molar-refractivity contribution in [1.82, 2.24) is 9.97 Å². The summed E-state index contributed by atoms with van der Waals surface area (Å²) in [6.07, 6.45) is 1.09. The molecule has 4 N–H and O–H groups in total. The average Bonchev–Trinajstić information content (AvgIpc) is 2.64. The van der Waals surface area contributed by atoms with E-state index in [0.717, 1.165) is 6.20 Å². The molecular formula is C18H13N3O5. The Morgan fingerprint density at radius 1 is 0.885 bits per heavy atom. The highest BCUT2D eigenvalue weighted by Crippen LogP contribution is 2.27. The quantitative estimate of drug-likeness (QED) is 0.568. The second-order valence-electron chi connectivity index (χ2n) is 5.34. The van der Waals surface area contributed by atoms with E-state index in [9.17, 15) is 24.3 Å². The highest BCUT2D eigenvalue weighted by molar-refractivity contribution is 6.10. The second kappa shape index (κ2) is 6.89. The molecule has 0 saturated carbocycles. The Bertz CT molecular complexity index is 1110. The van der Waals surface area contributed by atoms with Gasteiger partial charge in [-0.1, -0.05) is 36.4 Å². The van der Waals surface area contributed by atoms with Crippen LogP contribution in [-0.4, -0.2) is 27.0 Å². The molecule has 0 aliphatic heterocycles. The summed E-state index contributed by atoms with van der Waals surface area (Å²) in [5, 5.41) is 11.8. The van der Waals surface area contributed by atoms with Crippen LogP contribution in [0.1, 0.15) is 20.7 Å². The van der Waals surface area contributed by atoms with Gasteiger partial charge in [0.05, 0.1) is 5.56 Å². The van der Waals surface area contributed by atoms with Crippen molar-refractivity contribution in [3.63, 3.8) is 0 Å². The molecule has 8 heteroatoms. The summed E-state index contributed by atoms with van der Waals surface area (Å²) >= 11 is 0. The van der Waals surface area contributed by atoms with E-state index in [1.807, 2.05) is 4.98 Å². The molecule has 0 aliphatic carbocycles. The fourth-order valence-corrected chi connectivity index (χ4v) is 2.51. The van der Waals surface area contributed by atoms with Gasteiger partial charge in [0.1, 0.15) is 5.69 Å². The van der Waals surface area contributed by atoms with E-state index in [0.29, 0.717) is 11.1 Å². The minimum atomic E-state index is -1.12. The van der Waals surface area contributed by atoms with Gasteiger partial charge in [-0.15, -0.1) is 0 Å². The first-order valence-corrected chi connectivity index (χ1v) is 7.52. The zero-order chi connectivity index (χ0) is 18.7. The molecule has 3 rings (SSSR count). The molecule has 0 aliphatic rings. The van der Waals surface area contributed by atoms with Crippen LogP contribution in [0, 0.1) is 0 Å². The van der Waals surface area contributed by atoms with Gasteiger partial charge >= 0.3 is 11.7 Å². The Hall–Kier alpha value is -3.94. The number of aromatic carboxylic acids is 1. The number of anilines is 1. The summed E-state index contributed by atoms with van der Waals surface area (Å²) in [4.78, 5) is 51.2. The fourth-order valence-electron chi connectivity index (χ4n) is 2.51. The summed E-state index contributed by atoms with van der Waals surface area (Å²) < 4.78 is 0. The number of amides is 1. The average molecular weight is 351 g/mol. The Morgan fingerprint density at radius 3 is 2.08 bits per heavy atom. The Labute approximate surface area is 146 Å². The van der Waals surface area contributed by atoms with E-state index in [1.54, 1.807) is 36.4 Å². The predicted octanol–water partition coefficient (Wildman–Crippen LogP) is 1.68. The number of nitrogens with one attached hydrogen (secondary N) is 3. The molecule has 1 aromatic heterocycles. The monoisotopic (exact) mass is 351 g/mol. The van der Waals surface area contributed by atoms with Gasteiger partial charge in [0.15, 0.2) is 0 Å². The highest BCUT2D eigenvalue weighted by Gasteiger charge is 2.18. The summed E-state index contributed by atoms with van der Waals surface area (Å²) in [7, 11) is 0. The molecule has 3 aromatic rings. The van der Waals surface area contributed by atoms with Crippen LogP contribution in [0.5, 0.6) is 0 Å². The summed E-state index contributed by atoms with van der Waals surface area (Å²) in [6.45, 7) is 0. The molecule has 0 saturated heterocycles. The third kappa shape index (κ3) is 3.29. The fraction of sp³-hybridized carbons (Fsp3) is 0. The molecule has 0 fully saturated rings. The van der Waals surface area contributed by atoms with E-state index in [4.69, 9.17) is 0 Å². The van der Waals surface area contributed by atoms with Crippen LogP contribution in [-0.2, 0) is 0 Å². The van der Waals surface area contributed by atoms with E-state index in [1.165, 1.54) is 12.1 Å². The van der Waals surface area contributed by atoms with Gasteiger partial charge in [-0.05, 0) is 23.3 Å². The van der Waals surface area contributed by atoms with Crippen LogP contribution < -0.4 is 16.6 Å². The Kier molecular flexibility index (Phi) is 4.48. The van der Waals surface area contributed by atoms with Gasteiger partial charge < -0.3 is 15.4 Å². The zero-order valence-corrected chi connectivity index (χ0v) is 13.3. The molecule has 1 amide bonds. The molecular weight excluding hydrogens is 338 g/mol. The number of carbonyl (C=O) groups is 2. The van der Waals surface area contributed by atoms with Gasteiger partial charge in [-0.25, -0.2) is 9.59 Å². The normalized spacial score (nSPS) is 10.3. The van der Waals surface area contributed by atoms with Gasteiger partial charge in [0.25, 0.3) is 11.5 Å². The molecule has 0 unspecified atom stereocenters. The lowest BCUT2D eigenvalue weighted by Crippen LogP contribution is -2.26. The molecule has 26 heavy (non-hydrogen) atoms. The third-order valence-corrected chi connectivity index (χ3v) is 3.69.